The summed E-state index contributed by atoms with van der Waals surface area (Å²) < 4.78 is 57.7. The van der Waals surface area contributed by atoms with Crippen LogP contribution in [0.3, 0.4) is 0 Å². The molecule has 0 heterocycles. The number of unbranched alkanes of at least 4 members (excludes halogenated alkanes) is 3. The van der Waals surface area contributed by atoms with Gasteiger partial charge in [0, 0.05) is 0 Å². The molecule has 0 saturated carbocycles. The number of hydrogen-bond donors (Lipinski definition) is 2. The minimum atomic E-state index is -3.91. The highest BCUT2D eigenvalue weighted by molar-refractivity contribution is 7.86. The van der Waals surface area contributed by atoms with Crippen molar-refractivity contribution in [2.75, 3.05) is 11.5 Å². The van der Waals surface area contributed by atoms with Crippen molar-refractivity contribution in [2.45, 2.75) is 25.7 Å². The zero-order valence-electron chi connectivity index (χ0n) is 7.99. The smallest absolute Gasteiger partial charge is 0.264 e. The Morgan fingerprint density at radius 3 is 1.13 bits per heavy atom. The van der Waals surface area contributed by atoms with Crippen molar-refractivity contribution >= 4 is 32.6 Å². The first-order valence-electron chi connectivity index (χ1n) is 4.11. The average molecular weight is 283 g/mol. The van der Waals surface area contributed by atoms with E-state index in [2.05, 4.69) is 0 Å². The molecule has 2 N–H and O–H groups in total. The van der Waals surface area contributed by atoms with Crippen molar-refractivity contribution in [3.8, 4) is 0 Å². The van der Waals surface area contributed by atoms with Crippen molar-refractivity contribution in [1.29, 1.82) is 0 Å². The normalized spacial score (nSPS) is 12.1. The minimum Gasteiger partial charge on any atom is -0.286 e. The topological polar surface area (TPSA) is 109 Å². The van der Waals surface area contributed by atoms with Crippen molar-refractivity contribution in [1.82, 2.24) is 0 Å². The summed E-state index contributed by atoms with van der Waals surface area (Å²) in [6.07, 6.45) is 1.61. The molecule has 9 heteroatoms. The third kappa shape index (κ3) is 16.8. The fourth-order valence-electron chi connectivity index (χ4n) is 0.922. The first-order valence-corrected chi connectivity index (χ1v) is 7.33. The van der Waals surface area contributed by atoms with E-state index in [0.717, 1.165) is 0 Å². The third-order valence-corrected chi connectivity index (χ3v) is 3.16. The molecular formula is C6H15ClO6S2. The zero-order chi connectivity index (χ0) is 11.2. The molecule has 0 aromatic rings. The highest BCUT2D eigenvalue weighted by Crippen LogP contribution is 2.03. The maximum atomic E-state index is 10.2. The zero-order valence-corrected chi connectivity index (χ0v) is 10.4. The van der Waals surface area contributed by atoms with Gasteiger partial charge in [-0.3, -0.25) is 9.11 Å². The SMILES string of the molecule is Cl.O=S(=O)(O)CCCCCCS(=O)(=O)O. The summed E-state index contributed by atoms with van der Waals surface area (Å²) in [7, 11) is -7.81. The molecule has 0 atom stereocenters. The molecule has 0 bridgehead atoms. The van der Waals surface area contributed by atoms with Gasteiger partial charge >= 0.3 is 0 Å². The lowest BCUT2D eigenvalue weighted by Crippen LogP contribution is -2.05. The van der Waals surface area contributed by atoms with E-state index in [1.807, 2.05) is 0 Å². The maximum absolute atomic E-state index is 10.2. The van der Waals surface area contributed by atoms with Gasteiger partial charge in [-0.1, -0.05) is 12.8 Å². The van der Waals surface area contributed by atoms with Crippen molar-refractivity contribution < 1.29 is 25.9 Å². The summed E-state index contributed by atoms with van der Waals surface area (Å²) >= 11 is 0. The molecule has 0 amide bonds. The molecule has 0 aromatic heterocycles. The molecule has 0 aliphatic heterocycles. The van der Waals surface area contributed by atoms with E-state index in [0.29, 0.717) is 25.7 Å². The second kappa shape index (κ2) is 7.39. The largest absolute Gasteiger partial charge is 0.286 e. The van der Waals surface area contributed by atoms with Gasteiger partial charge in [0.25, 0.3) is 20.2 Å². The van der Waals surface area contributed by atoms with Crippen LogP contribution in [0.5, 0.6) is 0 Å². The van der Waals surface area contributed by atoms with Gasteiger partial charge in [-0.25, -0.2) is 0 Å². The van der Waals surface area contributed by atoms with E-state index in [9.17, 15) is 16.8 Å². The average Bonchev–Trinajstić information content (AvgIpc) is 1.92. The van der Waals surface area contributed by atoms with E-state index in [4.69, 9.17) is 9.11 Å². The van der Waals surface area contributed by atoms with Gasteiger partial charge in [0.15, 0.2) is 0 Å². The van der Waals surface area contributed by atoms with Crippen LogP contribution in [-0.2, 0) is 20.2 Å². The van der Waals surface area contributed by atoms with Gasteiger partial charge in [-0.15, -0.1) is 12.4 Å². The number of halogens is 1. The predicted molar refractivity (Wildman–Crippen MR) is 58.5 cm³/mol. The highest BCUT2D eigenvalue weighted by atomic mass is 35.5. The van der Waals surface area contributed by atoms with Crippen LogP contribution in [0.2, 0.25) is 0 Å². The van der Waals surface area contributed by atoms with E-state index in [1.165, 1.54) is 0 Å². The highest BCUT2D eigenvalue weighted by Gasteiger charge is 2.05. The Kier molecular flexibility index (Phi) is 8.63. The lowest BCUT2D eigenvalue weighted by Gasteiger charge is -1.98. The first kappa shape index (κ1) is 17.5. The van der Waals surface area contributed by atoms with Gasteiger partial charge in [-0.2, -0.15) is 16.8 Å². The molecule has 0 rings (SSSR count). The van der Waals surface area contributed by atoms with Crippen molar-refractivity contribution in [3.05, 3.63) is 0 Å². The third-order valence-electron chi connectivity index (χ3n) is 1.55. The molecule has 0 fully saturated rings. The summed E-state index contributed by atoms with van der Waals surface area (Å²) in [5, 5.41) is 0. The molecule has 0 aliphatic rings. The Bertz CT molecular complexity index is 310. The summed E-state index contributed by atoms with van der Waals surface area (Å²) in [4.78, 5) is 0. The van der Waals surface area contributed by atoms with Crippen LogP contribution in [-0.4, -0.2) is 37.4 Å². The Labute approximate surface area is 96.0 Å². The minimum absolute atomic E-state index is 0. The van der Waals surface area contributed by atoms with Crippen LogP contribution in [0, 0.1) is 0 Å². The van der Waals surface area contributed by atoms with E-state index in [-0.39, 0.29) is 23.9 Å². The molecular weight excluding hydrogens is 268 g/mol. The van der Waals surface area contributed by atoms with Crippen LogP contribution in [0.15, 0.2) is 0 Å². The van der Waals surface area contributed by atoms with Crippen LogP contribution in [0.4, 0.5) is 0 Å². The number of hydrogen-bond acceptors (Lipinski definition) is 4. The Balaban J connectivity index is 0. The first-order chi connectivity index (χ1) is 6.21. The molecule has 0 aliphatic carbocycles. The van der Waals surface area contributed by atoms with Crippen LogP contribution in [0.25, 0.3) is 0 Å². The second-order valence-corrected chi connectivity index (χ2v) is 6.13. The van der Waals surface area contributed by atoms with Gasteiger partial charge in [-0.05, 0) is 12.8 Å². The molecule has 0 radical (unpaired) electrons. The molecule has 15 heavy (non-hydrogen) atoms. The Morgan fingerprint density at radius 1 is 0.667 bits per heavy atom. The van der Waals surface area contributed by atoms with Gasteiger partial charge in [0.1, 0.15) is 0 Å². The maximum Gasteiger partial charge on any atom is 0.264 e. The summed E-state index contributed by atoms with van der Waals surface area (Å²) in [6, 6.07) is 0. The second-order valence-electron chi connectivity index (χ2n) is 2.99. The van der Waals surface area contributed by atoms with E-state index in [1.54, 1.807) is 0 Å². The number of rotatable bonds is 7. The van der Waals surface area contributed by atoms with Gasteiger partial charge in [0.2, 0.25) is 0 Å². The van der Waals surface area contributed by atoms with E-state index >= 15 is 0 Å². The van der Waals surface area contributed by atoms with Crippen LogP contribution >= 0.6 is 12.4 Å². The molecule has 0 aromatic carbocycles. The van der Waals surface area contributed by atoms with E-state index < -0.39 is 20.2 Å². The van der Waals surface area contributed by atoms with Crippen molar-refractivity contribution in [2.24, 2.45) is 0 Å². The summed E-state index contributed by atoms with van der Waals surface area (Å²) in [6.45, 7) is 0. The fourth-order valence-corrected chi connectivity index (χ4v) is 2.06. The van der Waals surface area contributed by atoms with Crippen molar-refractivity contribution in [3.63, 3.8) is 0 Å². The molecule has 94 valence electrons. The summed E-state index contributed by atoms with van der Waals surface area (Å²) in [5.41, 5.74) is 0. The molecule has 0 unspecified atom stereocenters. The molecule has 6 nitrogen and oxygen atoms in total. The monoisotopic (exact) mass is 282 g/mol. The fraction of sp³-hybridized carbons (Fsp3) is 1.00. The van der Waals surface area contributed by atoms with Gasteiger partial charge < -0.3 is 0 Å². The van der Waals surface area contributed by atoms with Crippen LogP contribution < -0.4 is 0 Å². The molecule has 0 saturated heterocycles. The quantitative estimate of drug-likeness (QED) is 0.527. The van der Waals surface area contributed by atoms with Gasteiger partial charge in [0.05, 0.1) is 11.5 Å². The lowest BCUT2D eigenvalue weighted by molar-refractivity contribution is 0.473. The summed E-state index contributed by atoms with van der Waals surface area (Å²) in [5.74, 6) is -0.613. The Morgan fingerprint density at radius 2 is 0.933 bits per heavy atom. The standard InChI is InChI=1S/C6H14O6S2.ClH/c7-13(8,9)5-3-1-2-4-6-14(10,11)12;/h1-6H2,(H,7,8,9)(H,10,11,12);1H. The predicted octanol–water partition coefficient (Wildman–Crippen LogP) is 0.744. The van der Waals surface area contributed by atoms with Crippen LogP contribution in [0.1, 0.15) is 25.7 Å². The molecule has 0 spiro atoms. The Hall–Kier alpha value is 0.110. The lowest BCUT2D eigenvalue weighted by atomic mass is 10.2.